The Morgan fingerprint density at radius 2 is 1.77 bits per heavy atom. The highest BCUT2D eigenvalue weighted by atomic mass is 35.5. The van der Waals surface area contributed by atoms with Gasteiger partial charge in [0.2, 0.25) is 5.91 Å². The van der Waals surface area contributed by atoms with Crippen molar-refractivity contribution < 1.29 is 19.0 Å². The number of anilines is 1. The molecule has 0 saturated carbocycles. The lowest BCUT2D eigenvalue weighted by Crippen LogP contribution is -2.23. The second kappa shape index (κ2) is 10.7. The minimum absolute atomic E-state index is 0.189. The Morgan fingerprint density at radius 1 is 1.06 bits per heavy atom. The lowest BCUT2D eigenvalue weighted by atomic mass is 10.2. The summed E-state index contributed by atoms with van der Waals surface area (Å²) in [6.45, 7) is 7.15. The second-order valence-corrected chi connectivity index (χ2v) is 7.20. The van der Waals surface area contributed by atoms with Crippen LogP contribution in [0.15, 0.2) is 54.9 Å². The van der Waals surface area contributed by atoms with Crippen molar-refractivity contribution in [3.05, 3.63) is 65.4 Å². The van der Waals surface area contributed by atoms with Crippen LogP contribution in [0.2, 0.25) is 5.02 Å². The number of aromatic nitrogens is 2. The van der Waals surface area contributed by atoms with E-state index >= 15 is 0 Å². The van der Waals surface area contributed by atoms with Crippen LogP contribution in [0.25, 0.3) is 0 Å². The van der Waals surface area contributed by atoms with E-state index in [4.69, 9.17) is 25.8 Å². The van der Waals surface area contributed by atoms with Crippen LogP contribution >= 0.6 is 11.6 Å². The molecule has 8 heteroatoms. The zero-order valence-electron chi connectivity index (χ0n) is 17.8. The minimum Gasteiger partial charge on any atom is -0.490 e. The van der Waals surface area contributed by atoms with E-state index in [1.165, 1.54) is 10.9 Å². The molecular weight excluding hydrogens is 418 g/mol. The van der Waals surface area contributed by atoms with E-state index in [0.29, 0.717) is 42.0 Å². The third-order valence-electron chi connectivity index (χ3n) is 4.48. The summed E-state index contributed by atoms with van der Waals surface area (Å²) in [5.41, 5.74) is 1.64. The molecule has 0 aliphatic rings. The van der Waals surface area contributed by atoms with E-state index < -0.39 is 6.04 Å². The largest absolute Gasteiger partial charge is 0.490 e. The summed E-state index contributed by atoms with van der Waals surface area (Å²) >= 11 is 5.86. The SMILES string of the molecule is CCOc1ccc(COc2ccc(NC(=O)C(C)n3cc(Cl)cn3)cc2)cc1OCC. The van der Waals surface area contributed by atoms with Gasteiger partial charge in [-0.2, -0.15) is 5.10 Å². The highest BCUT2D eigenvalue weighted by Crippen LogP contribution is 2.29. The fourth-order valence-electron chi connectivity index (χ4n) is 2.88. The van der Waals surface area contributed by atoms with Crippen LogP contribution in [0.5, 0.6) is 17.2 Å². The number of rotatable bonds is 10. The number of ether oxygens (including phenoxy) is 3. The van der Waals surface area contributed by atoms with Crippen molar-refractivity contribution in [3.8, 4) is 17.2 Å². The molecule has 0 aliphatic heterocycles. The zero-order valence-corrected chi connectivity index (χ0v) is 18.6. The predicted octanol–water partition coefficient (Wildman–Crippen LogP) is 5.11. The first-order chi connectivity index (χ1) is 15.0. The first-order valence-electron chi connectivity index (χ1n) is 10.1. The molecule has 3 rings (SSSR count). The smallest absolute Gasteiger partial charge is 0.248 e. The topological polar surface area (TPSA) is 74.6 Å². The van der Waals surface area contributed by atoms with E-state index in [1.54, 1.807) is 25.3 Å². The molecule has 2 aromatic carbocycles. The van der Waals surface area contributed by atoms with Gasteiger partial charge in [0.25, 0.3) is 0 Å². The fourth-order valence-corrected chi connectivity index (χ4v) is 3.02. The first kappa shape index (κ1) is 22.5. The Bertz CT molecular complexity index is 1000. The van der Waals surface area contributed by atoms with Gasteiger partial charge in [-0.15, -0.1) is 0 Å². The summed E-state index contributed by atoms with van der Waals surface area (Å²) in [6.07, 6.45) is 3.11. The van der Waals surface area contributed by atoms with Gasteiger partial charge in [0.05, 0.1) is 24.4 Å². The molecule has 164 valence electrons. The van der Waals surface area contributed by atoms with Gasteiger partial charge >= 0.3 is 0 Å². The van der Waals surface area contributed by atoms with Crippen molar-refractivity contribution in [2.45, 2.75) is 33.4 Å². The quantitative estimate of drug-likeness (QED) is 0.471. The van der Waals surface area contributed by atoms with Gasteiger partial charge in [-0.1, -0.05) is 17.7 Å². The number of halogens is 1. The molecule has 0 fully saturated rings. The molecule has 1 aromatic heterocycles. The van der Waals surface area contributed by atoms with Gasteiger partial charge in [-0.3, -0.25) is 9.48 Å². The van der Waals surface area contributed by atoms with Crippen molar-refractivity contribution in [1.29, 1.82) is 0 Å². The van der Waals surface area contributed by atoms with Gasteiger partial charge in [0.1, 0.15) is 18.4 Å². The van der Waals surface area contributed by atoms with Gasteiger partial charge in [-0.25, -0.2) is 0 Å². The van der Waals surface area contributed by atoms with Crippen molar-refractivity contribution in [2.75, 3.05) is 18.5 Å². The zero-order chi connectivity index (χ0) is 22.2. The maximum Gasteiger partial charge on any atom is 0.248 e. The Morgan fingerprint density at radius 3 is 2.42 bits per heavy atom. The molecule has 1 heterocycles. The average molecular weight is 444 g/mol. The summed E-state index contributed by atoms with van der Waals surface area (Å²) < 4.78 is 18.6. The van der Waals surface area contributed by atoms with Crippen LogP contribution in [0.4, 0.5) is 5.69 Å². The molecular formula is C23H26ClN3O4. The lowest BCUT2D eigenvalue weighted by molar-refractivity contribution is -0.119. The Balaban J connectivity index is 1.57. The normalized spacial score (nSPS) is 11.6. The van der Waals surface area contributed by atoms with E-state index in [-0.39, 0.29) is 5.91 Å². The number of nitrogens with zero attached hydrogens (tertiary/aromatic N) is 2. The number of carbonyl (C=O) groups is 1. The number of carbonyl (C=O) groups excluding carboxylic acids is 1. The Labute approximate surface area is 186 Å². The molecule has 1 N–H and O–H groups in total. The summed E-state index contributed by atoms with van der Waals surface area (Å²) in [6, 6.07) is 12.5. The molecule has 1 atom stereocenters. The molecule has 0 bridgehead atoms. The monoisotopic (exact) mass is 443 g/mol. The number of hydrogen-bond acceptors (Lipinski definition) is 5. The highest BCUT2D eigenvalue weighted by Gasteiger charge is 2.16. The first-order valence-corrected chi connectivity index (χ1v) is 10.5. The van der Waals surface area contributed by atoms with Crippen molar-refractivity contribution in [2.24, 2.45) is 0 Å². The van der Waals surface area contributed by atoms with Crippen LogP contribution in [-0.4, -0.2) is 28.9 Å². The number of amides is 1. The van der Waals surface area contributed by atoms with Crippen LogP contribution < -0.4 is 19.5 Å². The summed E-state index contributed by atoms with van der Waals surface area (Å²) in [5.74, 6) is 1.93. The number of nitrogens with one attached hydrogen (secondary N) is 1. The fraction of sp³-hybridized carbons (Fsp3) is 0.304. The van der Waals surface area contributed by atoms with Gasteiger partial charge in [-0.05, 0) is 62.7 Å². The third kappa shape index (κ3) is 6.15. The van der Waals surface area contributed by atoms with Crippen LogP contribution in [-0.2, 0) is 11.4 Å². The van der Waals surface area contributed by atoms with E-state index in [9.17, 15) is 4.79 Å². The molecule has 7 nitrogen and oxygen atoms in total. The maximum absolute atomic E-state index is 12.4. The van der Waals surface area contributed by atoms with Crippen LogP contribution in [0, 0.1) is 0 Å². The number of hydrogen-bond donors (Lipinski definition) is 1. The minimum atomic E-state index is -0.484. The van der Waals surface area contributed by atoms with E-state index in [2.05, 4.69) is 10.4 Å². The van der Waals surface area contributed by atoms with Crippen molar-refractivity contribution in [1.82, 2.24) is 9.78 Å². The molecule has 3 aromatic rings. The average Bonchev–Trinajstić information content (AvgIpc) is 3.21. The Hall–Kier alpha value is -3.19. The summed E-state index contributed by atoms with van der Waals surface area (Å²) in [4.78, 5) is 12.4. The highest BCUT2D eigenvalue weighted by molar-refractivity contribution is 6.30. The van der Waals surface area contributed by atoms with Gasteiger partial charge in [0.15, 0.2) is 11.5 Å². The van der Waals surface area contributed by atoms with E-state index in [1.807, 2.05) is 44.2 Å². The molecule has 0 spiro atoms. The third-order valence-corrected chi connectivity index (χ3v) is 4.68. The summed E-state index contributed by atoms with van der Waals surface area (Å²) in [7, 11) is 0. The standard InChI is InChI=1S/C23H26ClN3O4/c1-4-29-21-11-6-17(12-22(21)30-5-2)15-31-20-9-7-19(8-10-20)26-23(28)16(3)27-14-18(24)13-25-27/h6-14,16H,4-5,15H2,1-3H3,(H,26,28). The lowest BCUT2D eigenvalue weighted by Gasteiger charge is -2.14. The molecule has 0 radical (unpaired) electrons. The Kier molecular flexibility index (Phi) is 7.78. The molecule has 0 saturated heterocycles. The second-order valence-electron chi connectivity index (χ2n) is 6.76. The summed E-state index contributed by atoms with van der Waals surface area (Å²) in [5, 5.41) is 7.42. The molecule has 0 aliphatic carbocycles. The van der Waals surface area contributed by atoms with Crippen LogP contribution in [0.1, 0.15) is 32.4 Å². The van der Waals surface area contributed by atoms with Gasteiger partial charge < -0.3 is 19.5 Å². The molecule has 31 heavy (non-hydrogen) atoms. The molecule has 1 amide bonds. The number of benzene rings is 2. The maximum atomic E-state index is 12.4. The molecule has 1 unspecified atom stereocenters. The van der Waals surface area contributed by atoms with Gasteiger partial charge in [0, 0.05) is 11.9 Å². The van der Waals surface area contributed by atoms with E-state index in [0.717, 1.165) is 11.3 Å². The van der Waals surface area contributed by atoms with Crippen molar-refractivity contribution >= 4 is 23.2 Å². The van der Waals surface area contributed by atoms with Crippen LogP contribution in [0.3, 0.4) is 0 Å². The predicted molar refractivity (Wildman–Crippen MR) is 120 cm³/mol. The van der Waals surface area contributed by atoms with Crippen molar-refractivity contribution in [3.63, 3.8) is 0 Å².